The molecule has 10 heteroatoms. The largest absolute Gasteiger partial charge is 0.479 e. The number of benzene rings is 1. The van der Waals surface area contributed by atoms with Crippen molar-refractivity contribution in [2.24, 2.45) is 5.92 Å². The zero-order valence-electron chi connectivity index (χ0n) is 16.8. The third-order valence-electron chi connectivity index (χ3n) is 5.33. The number of carbonyl (C=O) groups is 4. The van der Waals surface area contributed by atoms with Gasteiger partial charge in [-0.2, -0.15) is 5.01 Å². The van der Waals surface area contributed by atoms with Crippen LogP contribution in [0.1, 0.15) is 39.5 Å². The molecule has 30 heavy (non-hydrogen) atoms. The van der Waals surface area contributed by atoms with Crippen LogP contribution >= 0.6 is 0 Å². The van der Waals surface area contributed by atoms with Crippen LogP contribution in [0.15, 0.2) is 24.3 Å². The molecule has 2 aliphatic rings. The fourth-order valence-electron chi connectivity index (χ4n) is 3.49. The Morgan fingerprint density at radius 3 is 2.53 bits per heavy atom. The van der Waals surface area contributed by atoms with E-state index in [1.54, 1.807) is 0 Å². The van der Waals surface area contributed by atoms with Crippen molar-refractivity contribution >= 4 is 23.8 Å². The zero-order valence-corrected chi connectivity index (χ0v) is 16.8. The molecule has 0 bridgehead atoms. The van der Waals surface area contributed by atoms with E-state index in [9.17, 15) is 23.6 Å². The van der Waals surface area contributed by atoms with Crippen LogP contribution in [0.5, 0.6) is 5.75 Å². The predicted molar refractivity (Wildman–Crippen MR) is 101 cm³/mol. The number of urea groups is 1. The molecule has 4 amide bonds. The Labute approximate surface area is 172 Å². The summed E-state index contributed by atoms with van der Waals surface area (Å²) >= 11 is 0. The third-order valence-corrected chi connectivity index (χ3v) is 5.33. The number of hydrogen-bond acceptors (Lipinski definition) is 6. The maximum absolute atomic E-state index is 12.9. The smallest absolute Gasteiger partial charge is 0.347 e. The summed E-state index contributed by atoms with van der Waals surface area (Å²) in [6, 6.07) is 4.36. The van der Waals surface area contributed by atoms with Crippen molar-refractivity contribution in [1.29, 1.82) is 0 Å². The van der Waals surface area contributed by atoms with Crippen LogP contribution in [0.3, 0.4) is 0 Å². The van der Waals surface area contributed by atoms with Crippen LogP contribution in [0.25, 0.3) is 0 Å². The summed E-state index contributed by atoms with van der Waals surface area (Å²) in [5.74, 6) is -1.88. The molecule has 0 radical (unpaired) electrons. The van der Waals surface area contributed by atoms with E-state index in [1.165, 1.54) is 31.2 Å². The molecule has 1 atom stereocenters. The van der Waals surface area contributed by atoms with Crippen LogP contribution in [0.4, 0.5) is 9.18 Å². The summed E-state index contributed by atoms with van der Waals surface area (Å²) in [4.78, 5) is 48.9. The van der Waals surface area contributed by atoms with E-state index in [0.717, 1.165) is 12.8 Å². The number of rotatable bonds is 6. The lowest BCUT2D eigenvalue weighted by molar-refractivity contribution is -0.156. The van der Waals surface area contributed by atoms with Gasteiger partial charge in [0.05, 0.1) is 0 Å². The average molecular weight is 421 g/mol. The first-order valence-electron chi connectivity index (χ1n) is 9.75. The molecule has 1 aromatic rings. The maximum atomic E-state index is 12.9. The minimum absolute atomic E-state index is 0.261. The standard InChI is InChI=1S/C20H24FN3O6/c1-12-7-9-20(10-8-12)18(27)24(19(28)22-20)23-16(25)11-29-17(26)13(2)30-15-5-3-14(21)4-6-15/h3-6,12-13H,7-11H2,1-2H3,(H,22,28)(H,23,25)/t12?,13-,20?/m1/s1. The molecular formula is C20H24FN3O6. The number of nitrogens with one attached hydrogen (secondary N) is 2. The van der Waals surface area contributed by atoms with E-state index in [0.29, 0.717) is 23.8 Å². The number of nitrogens with zero attached hydrogens (tertiary/aromatic N) is 1. The summed E-state index contributed by atoms with van der Waals surface area (Å²) in [5, 5.41) is 3.32. The SMILES string of the molecule is CC1CCC2(CC1)NC(=O)N(NC(=O)COC(=O)[C@@H](C)Oc1ccc(F)cc1)C2=O. The van der Waals surface area contributed by atoms with Gasteiger partial charge in [0.1, 0.15) is 17.1 Å². The monoisotopic (exact) mass is 421 g/mol. The third kappa shape index (κ3) is 4.69. The van der Waals surface area contributed by atoms with Crippen molar-refractivity contribution in [3.05, 3.63) is 30.1 Å². The van der Waals surface area contributed by atoms with Gasteiger partial charge in [0, 0.05) is 0 Å². The molecule has 9 nitrogen and oxygen atoms in total. The number of carbonyl (C=O) groups excluding carboxylic acids is 4. The molecule has 2 fully saturated rings. The Bertz CT molecular complexity index is 835. The van der Waals surface area contributed by atoms with E-state index >= 15 is 0 Å². The van der Waals surface area contributed by atoms with Crippen molar-refractivity contribution in [1.82, 2.24) is 15.8 Å². The minimum atomic E-state index is -1.05. The Morgan fingerprint density at radius 1 is 1.27 bits per heavy atom. The number of hydrogen-bond donors (Lipinski definition) is 2. The van der Waals surface area contributed by atoms with E-state index < -0.39 is 47.9 Å². The molecule has 1 aliphatic heterocycles. The normalized spacial score (nSPS) is 24.4. The summed E-state index contributed by atoms with van der Waals surface area (Å²) in [7, 11) is 0. The lowest BCUT2D eigenvalue weighted by Gasteiger charge is -2.33. The number of amides is 4. The first-order valence-corrected chi connectivity index (χ1v) is 9.75. The Kier molecular flexibility index (Phi) is 6.23. The predicted octanol–water partition coefficient (Wildman–Crippen LogP) is 1.67. The summed E-state index contributed by atoms with van der Waals surface area (Å²) in [6.07, 6.45) is 1.58. The lowest BCUT2D eigenvalue weighted by atomic mass is 9.77. The number of halogens is 1. The molecular weight excluding hydrogens is 397 g/mol. The van der Waals surface area contributed by atoms with Crippen LogP contribution in [0.2, 0.25) is 0 Å². The van der Waals surface area contributed by atoms with Gasteiger partial charge in [-0.3, -0.25) is 15.0 Å². The molecule has 1 saturated carbocycles. The number of esters is 1. The Balaban J connectivity index is 1.48. The minimum Gasteiger partial charge on any atom is -0.479 e. The van der Waals surface area contributed by atoms with Gasteiger partial charge in [-0.1, -0.05) is 6.92 Å². The molecule has 1 spiro atoms. The van der Waals surface area contributed by atoms with Gasteiger partial charge in [0.15, 0.2) is 12.7 Å². The van der Waals surface area contributed by atoms with Crippen LogP contribution in [0, 0.1) is 11.7 Å². The van der Waals surface area contributed by atoms with Gasteiger partial charge in [-0.15, -0.1) is 0 Å². The molecule has 1 saturated heterocycles. The highest BCUT2D eigenvalue weighted by molar-refractivity contribution is 6.08. The highest BCUT2D eigenvalue weighted by atomic mass is 19.1. The molecule has 0 aromatic heterocycles. The van der Waals surface area contributed by atoms with Crippen LogP contribution in [-0.2, 0) is 19.1 Å². The molecule has 1 heterocycles. The molecule has 1 aliphatic carbocycles. The topological polar surface area (TPSA) is 114 Å². The highest BCUT2D eigenvalue weighted by Crippen LogP contribution is 2.35. The van der Waals surface area contributed by atoms with Crippen molar-refractivity contribution in [3.8, 4) is 5.75 Å². The summed E-state index contributed by atoms with van der Waals surface area (Å²) in [6.45, 7) is 2.80. The van der Waals surface area contributed by atoms with E-state index in [1.807, 2.05) is 0 Å². The molecule has 3 rings (SSSR count). The Morgan fingerprint density at radius 2 is 1.90 bits per heavy atom. The quantitative estimate of drug-likeness (QED) is 0.534. The van der Waals surface area contributed by atoms with E-state index in [-0.39, 0.29) is 5.75 Å². The molecule has 162 valence electrons. The summed E-state index contributed by atoms with van der Waals surface area (Å²) < 4.78 is 23.1. The highest BCUT2D eigenvalue weighted by Gasteiger charge is 2.52. The van der Waals surface area contributed by atoms with Crippen molar-refractivity contribution in [2.75, 3.05) is 6.61 Å². The van der Waals surface area contributed by atoms with Crippen molar-refractivity contribution < 1.29 is 33.0 Å². The average Bonchev–Trinajstić information content (AvgIpc) is 2.94. The van der Waals surface area contributed by atoms with Gasteiger partial charge >= 0.3 is 12.0 Å². The molecule has 0 unspecified atom stereocenters. The van der Waals surface area contributed by atoms with E-state index in [4.69, 9.17) is 9.47 Å². The molecule has 2 N–H and O–H groups in total. The van der Waals surface area contributed by atoms with Gasteiger partial charge in [0.2, 0.25) is 0 Å². The Hall–Kier alpha value is -3.17. The van der Waals surface area contributed by atoms with Crippen molar-refractivity contribution in [3.63, 3.8) is 0 Å². The number of imide groups is 1. The van der Waals surface area contributed by atoms with Gasteiger partial charge in [-0.05, 0) is 62.8 Å². The second kappa shape index (κ2) is 8.68. The van der Waals surface area contributed by atoms with Gasteiger partial charge in [0.25, 0.3) is 11.8 Å². The van der Waals surface area contributed by atoms with E-state index in [2.05, 4.69) is 17.7 Å². The fraction of sp³-hybridized carbons (Fsp3) is 0.500. The maximum Gasteiger partial charge on any atom is 0.347 e. The van der Waals surface area contributed by atoms with Gasteiger partial charge in [-0.25, -0.2) is 14.0 Å². The lowest BCUT2D eigenvalue weighted by Crippen LogP contribution is -2.52. The van der Waals surface area contributed by atoms with Crippen molar-refractivity contribution in [2.45, 2.75) is 51.2 Å². The second-order valence-electron chi connectivity index (χ2n) is 7.69. The fourth-order valence-corrected chi connectivity index (χ4v) is 3.49. The molecule has 1 aromatic carbocycles. The summed E-state index contributed by atoms with van der Waals surface area (Å²) in [5.41, 5.74) is 1.20. The second-order valence-corrected chi connectivity index (χ2v) is 7.69. The number of ether oxygens (including phenoxy) is 2. The first kappa shape index (κ1) is 21.5. The number of hydrazine groups is 1. The zero-order chi connectivity index (χ0) is 21.9. The van der Waals surface area contributed by atoms with Crippen LogP contribution < -0.4 is 15.5 Å². The first-order chi connectivity index (χ1) is 14.2. The van der Waals surface area contributed by atoms with Crippen LogP contribution in [-0.4, -0.2) is 47.1 Å². The van der Waals surface area contributed by atoms with Gasteiger partial charge < -0.3 is 14.8 Å².